The summed E-state index contributed by atoms with van der Waals surface area (Å²) in [4.78, 5) is 29.6. The Hall–Kier alpha value is -3.32. The Bertz CT molecular complexity index is 1070. The second-order valence-electron chi connectivity index (χ2n) is 7.87. The number of carbonyl (C=O) groups excluding carboxylic acids is 2. The molecule has 3 rings (SSSR count). The number of hydrogen-bond donors (Lipinski definition) is 2. The maximum atomic E-state index is 12.7. The fourth-order valence-corrected chi connectivity index (χ4v) is 3.24. The van der Waals surface area contributed by atoms with E-state index >= 15 is 0 Å². The summed E-state index contributed by atoms with van der Waals surface area (Å²) in [6, 6.07) is 10.0. The summed E-state index contributed by atoms with van der Waals surface area (Å²) in [5.74, 6) is -0.559. The van der Waals surface area contributed by atoms with Gasteiger partial charge in [-0.05, 0) is 23.6 Å². The molecule has 0 spiro atoms. The number of amides is 1. The third kappa shape index (κ3) is 5.86. The number of hydrogen-bond acceptors (Lipinski definition) is 5. The van der Waals surface area contributed by atoms with Gasteiger partial charge in [0.2, 0.25) is 5.91 Å². The number of aromatic nitrogens is 3. The maximum Gasteiger partial charge on any atom is 0.238 e. The summed E-state index contributed by atoms with van der Waals surface area (Å²) in [5, 5.41) is 10.1. The highest BCUT2D eigenvalue weighted by Gasteiger charge is 2.19. The van der Waals surface area contributed by atoms with Crippen molar-refractivity contribution in [2.45, 2.75) is 33.7 Å². The summed E-state index contributed by atoms with van der Waals surface area (Å²) in [6.07, 6.45) is 6.27. The Labute approximate surface area is 182 Å². The summed E-state index contributed by atoms with van der Waals surface area (Å²) in [5.41, 5.74) is 4.78. The van der Waals surface area contributed by atoms with Crippen LogP contribution in [0.25, 0.3) is 11.1 Å². The lowest BCUT2D eigenvalue weighted by atomic mass is 10.00. The number of nitrogens with zero attached hydrogens (tertiary/aromatic N) is 3. The highest BCUT2D eigenvalue weighted by molar-refractivity contribution is 6.05. The first-order valence-electron chi connectivity index (χ1n) is 10.5. The number of nitrogens with one attached hydrogen (secondary N) is 2. The molecule has 2 aromatic heterocycles. The quantitative estimate of drug-likeness (QED) is 0.517. The lowest BCUT2D eigenvalue weighted by Gasteiger charge is -2.14. The first kappa shape index (κ1) is 22.4. The Kier molecular flexibility index (Phi) is 7.31. The molecular formula is C24H29N5O2. The molecule has 7 heteroatoms. The van der Waals surface area contributed by atoms with Crippen LogP contribution in [0, 0.1) is 5.92 Å². The molecule has 0 aliphatic rings. The van der Waals surface area contributed by atoms with Gasteiger partial charge in [0, 0.05) is 43.0 Å². The summed E-state index contributed by atoms with van der Waals surface area (Å²) >= 11 is 0. The molecule has 0 radical (unpaired) electrons. The normalized spacial score (nSPS) is 11.0. The van der Waals surface area contributed by atoms with Gasteiger partial charge in [-0.15, -0.1) is 0 Å². The molecule has 0 aliphatic carbocycles. The minimum atomic E-state index is -0.233. The van der Waals surface area contributed by atoms with Crippen molar-refractivity contribution < 1.29 is 9.59 Å². The minimum absolute atomic E-state index is 0.104. The van der Waals surface area contributed by atoms with E-state index in [0.717, 1.165) is 23.1 Å². The molecule has 0 fully saturated rings. The first-order chi connectivity index (χ1) is 14.9. The van der Waals surface area contributed by atoms with Crippen molar-refractivity contribution in [1.29, 1.82) is 0 Å². The number of carbonyl (C=O) groups is 2. The van der Waals surface area contributed by atoms with Gasteiger partial charge in [0.05, 0.1) is 18.4 Å². The average Bonchev–Trinajstić information content (AvgIpc) is 3.18. The van der Waals surface area contributed by atoms with E-state index in [9.17, 15) is 9.59 Å². The van der Waals surface area contributed by atoms with E-state index in [0.29, 0.717) is 12.2 Å². The molecule has 0 aliphatic heterocycles. The predicted molar refractivity (Wildman–Crippen MR) is 122 cm³/mol. The van der Waals surface area contributed by atoms with Gasteiger partial charge in [0.1, 0.15) is 5.69 Å². The van der Waals surface area contributed by atoms with E-state index in [4.69, 9.17) is 0 Å². The van der Waals surface area contributed by atoms with E-state index in [1.807, 2.05) is 45.3 Å². The number of benzene rings is 1. The zero-order chi connectivity index (χ0) is 22.4. The summed E-state index contributed by atoms with van der Waals surface area (Å²) in [7, 11) is 1.85. The molecule has 3 aromatic rings. The number of ketones is 1. The molecular weight excluding hydrogens is 390 g/mol. The standard InChI is InChI=1S/C24H29N5O2/c1-5-17-7-6-8-19(9-17)20-10-21(23(26-13-20)24(31)16(2)3)28-22(30)14-25-11-18-12-27-29(4)15-18/h6-10,12-13,15-16,25H,5,11,14H2,1-4H3,(H,28,30). The fourth-order valence-electron chi connectivity index (χ4n) is 3.24. The highest BCUT2D eigenvalue weighted by Crippen LogP contribution is 2.26. The van der Waals surface area contributed by atoms with Gasteiger partial charge in [0.15, 0.2) is 5.78 Å². The number of Topliss-reactive ketones (excluding diaryl/α,β-unsaturated/α-hetero) is 1. The number of pyridine rings is 1. The Morgan fingerprint density at radius 2 is 1.90 bits per heavy atom. The number of aryl methyl sites for hydroxylation is 2. The monoisotopic (exact) mass is 419 g/mol. The van der Waals surface area contributed by atoms with E-state index < -0.39 is 0 Å². The second kappa shape index (κ2) is 10.1. The van der Waals surface area contributed by atoms with Crippen LogP contribution in [0.4, 0.5) is 5.69 Å². The topological polar surface area (TPSA) is 88.9 Å². The van der Waals surface area contributed by atoms with Gasteiger partial charge in [-0.3, -0.25) is 19.3 Å². The van der Waals surface area contributed by atoms with Crippen molar-refractivity contribution in [2.75, 3.05) is 11.9 Å². The van der Waals surface area contributed by atoms with Gasteiger partial charge in [-0.2, -0.15) is 5.10 Å². The zero-order valence-electron chi connectivity index (χ0n) is 18.5. The van der Waals surface area contributed by atoms with Crippen molar-refractivity contribution in [3.8, 4) is 11.1 Å². The molecule has 0 saturated carbocycles. The Morgan fingerprint density at radius 3 is 2.58 bits per heavy atom. The zero-order valence-corrected chi connectivity index (χ0v) is 18.5. The third-order valence-corrected chi connectivity index (χ3v) is 4.96. The average molecular weight is 420 g/mol. The lowest BCUT2D eigenvalue weighted by Crippen LogP contribution is -2.28. The SMILES string of the molecule is CCc1cccc(-c2cnc(C(=O)C(C)C)c(NC(=O)CNCc3cnn(C)c3)c2)c1. The van der Waals surface area contributed by atoms with Crippen LogP contribution in [0.15, 0.2) is 48.9 Å². The van der Waals surface area contributed by atoms with Crippen LogP contribution in [0.1, 0.15) is 42.4 Å². The number of anilines is 1. The van der Waals surface area contributed by atoms with Gasteiger partial charge < -0.3 is 10.6 Å². The molecule has 0 atom stereocenters. The lowest BCUT2D eigenvalue weighted by molar-refractivity contribution is -0.115. The second-order valence-corrected chi connectivity index (χ2v) is 7.87. The van der Waals surface area contributed by atoms with Crippen LogP contribution in [0.5, 0.6) is 0 Å². The van der Waals surface area contributed by atoms with Crippen molar-refractivity contribution in [2.24, 2.45) is 13.0 Å². The maximum absolute atomic E-state index is 12.7. The van der Waals surface area contributed by atoms with E-state index in [1.165, 1.54) is 5.56 Å². The van der Waals surface area contributed by atoms with Crippen molar-refractivity contribution in [3.05, 3.63) is 65.7 Å². The Morgan fingerprint density at radius 1 is 1.10 bits per heavy atom. The van der Waals surface area contributed by atoms with E-state index in [2.05, 4.69) is 39.8 Å². The van der Waals surface area contributed by atoms with Crippen LogP contribution in [0.3, 0.4) is 0 Å². The van der Waals surface area contributed by atoms with E-state index in [-0.39, 0.29) is 29.8 Å². The molecule has 162 valence electrons. The molecule has 1 aromatic carbocycles. The molecule has 0 unspecified atom stereocenters. The molecule has 31 heavy (non-hydrogen) atoms. The van der Waals surface area contributed by atoms with Crippen LogP contribution in [-0.2, 0) is 24.8 Å². The van der Waals surface area contributed by atoms with Crippen LogP contribution in [-0.4, -0.2) is 33.0 Å². The van der Waals surface area contributed by atoms with Crippen molar-refractivity contribution in [3.63, 3.8) is 0 Å². The van der Waals surface area contributed by atoms with Crippen molar-refractivity contribution >= 4 is 17.4 Å². The molecule has 2 N–H and O–H groups in total. The fraction of sp³-hybridized carbons (Fsp3) is 0.333. The third-order valence-electron chi connectivity index (χ3n) is 4.96. The van der Waals surface area contributed by atoms with Gasteiger partial charge >= 0.3 is 0 Å². The predicted octanol–water partition coefficient (Wildman–Crippen LogP) is 3.61. The summed E-state index contributed by atoms with van der Waals surface area (Å²) < 4.78 is 1.71. The highest BCUT2D eigenvalue weighted by atomic mass is 16.2. The molecule has 0 saturated heterocycles. The summed E-state index contributed by atoms with van der Waals surface area (Å²) in [6.45, 7) is 6.39. The molecule has 1 amide bonds. The Balaban J connectivity index is 1.79. The molecule has 0 bridgehead atoms. The van der Waals surface area contributed by atoms with Crippen molar-refractivity contribution in [1.82, 2.24) is 20.1 Å². The van der Waals surface area contributed by atoms with Crippen LogP contribution in [0.2, 0.25) is 0 Å². The van der Waals surface area contributed by atoms with Crippen LogP contribution >= 0.6 is 0 Å². The van der Waals surface area contributed by atoms with Gasteiger partial charge in [0.25, 0.3) is 0 Å². The number of rotatable bonds is 9. The largest absolute Gasteiger partial charge is 0.323 e. The van der Waals surface area contributed by atoms with Gasteiger partial charge in [-0.1, -0.05) is 45.0 Å². The minimum Gasteiger partial charge on any atom is -0.323 e. The van der Waals surface area contributed by atoms with E-state index in [1.54, 1.807) is 17.1 Å². The molecule has 2 heterocycles. The first-order valence-corrected chi connectivity index (χ1v) is 10.5. The van der Waals surface area contributed by atoms with Crippen LogP contribution < -0.4 is 10.6 Å². The smallest absolute Gasteiger partial charge is 0.238 e. The van der Waals surface area contributed by atoms with Gasteiger partial charge in [-0.25, -0.2) is 0 Å². The molecule has 7 nitrogen and oxygen atoms in total.